The quantitative estimate of drug-likeness (QED) is 0.693. The zero-order chi connectivity index (χ0) is 13.5. The Morgan fingerprint density at radius 1 is 1.00 bits per heavy atom. The average Bonchev–Trinajstić information content (AvgIpc) is 2.30. The Hall–Kier alpha value is 0.632. The van der Waals surface area contributed by atoms with Crippen LogP contribution < -0.4 is 0 Å². The molecule has 0 aliphatic carbocycles. The van der Waals surface area contributed by atoms with Gasteiger partial charge in [-0.25, -0.2) is 0 Å². The van der Waals surface area contributed by atoms with E-state index in [4.69, 9.17) is 0 Å². The van der Waals surface area contributed by atoms with Gasteiger partial charge in [-0.1, -0.05) is 0 Å². The van der Waals surface area contributed by atoms with E-state index >= 15 is 0 Å². The molecule has 0 bridgehead atoms. The molecule has 0 unspecified atom stereocenters. The normalized spacial score (nSPS) is 11.8. The molecule has 0 aromatic heterocycles. The van der Waals surface area contributed by atoms with Crippen LogP contribution in [-0.4, -0.2) is 43.5 Å². The molecule has 3 heteroatoms. The molecular weight excluding hydrogens is 210 g/mol. The topological polar surface area (TPSA) is 0 Å². The van der Waals surface area contributed by atoms with Gasteiger partial charge in [-0.2, -0.15) is 0 Å². The van der Waals surface area contributed by atoms with Crippen LogP contribution in [0.2, 0.25) is 29.5 Å². The van der Waals surface area contributed by atoms with Crippen molar-refractivity contribution in [3.63, 3.8) is 0 Å². The van der Waals surface area contributed by atoms with Gasteiger partial charge in [0.1, 0.15) is 0 Å². The standard InChI is InChI=1S/C10H13.C4H11Si.2Li/c1-10(2,3)9-7-5-4-6-8-9;1-5(2,3)4;;/h4-8H,1H2,2-3H3;1H2,2-4H3;;. The third-order valence-electron chi connectivity index (χ3n) is 3.50. The minimum atomic E-state index is -0.631. The van der Waals surface area contributed by atoms with Crippen LogP contribution in [0.5, 0.6) is 0 Å². The van der Waals surface area contributed by atoms with Crippen LogP contribution in [0, 0.1) is 0 Å². The van der Waals surface area contributed by atoms with Crippen molar-refractivity contribution >= 4 is 43.5 Å². The first-order valence-corrected chi connectivity index (χ1v) is 10.5. The summed E-state index contributed by atoms with van der Waals surface area (Å²) in [5.41, 5.74) is 1.77. The van der Waals surface area contributed by atoms with Crippen molar-refractivity contribution in [2.75, 3.05) is 0 Å². The van der Waals surface area contributed by atoms with Crippen LogP contribution in [0.25, 0.3) is 0 Å². The van der Waals surface area contributed by atoms with E-state index in [1.807, 2.05) is 0 Å². The van der Waals surface area contributed by atoms with Crippen molar-refractivity contribution in [1.82, 2.24) is 0 Å². The first-order chi connectivity index (χ1) is 7.73. The van der Waals surface area contributed by atoms with Crippen LogP contribution in [0.3, 0.4) is 0 Å². The van der Waals surface area contributed by atoms with Gasteiger partial charge in [0, 0.05) is 0 Å². The molecule has 1 aromatic rings. The summed E-state index contributed by atoms with van der Waals surface area (Å²) in [4.78, 5) is 0. The van der Waals surface area contributed by atoms with Crippen LogP contribution in [-0.2, 0) is 5.41 Å². The second kappa shape index (κ2) is 7.93. The number of benzene rings is 1. The fourth-order valence-electron chi connectivity index (χ4n) is 1.09. The van der Waals surface area contributed by atoms with Gasteiger partial charge in [0.05, 0.1) is 0 Å². The van der Waals surface area contributed by atoms with Crippen LogP contribution in [0.15, 0.2) is 30.3 Å². The Labute approximate surface area is 127 Å². The summed E-state index contributed by atoms with van der Waals surface area (Å²) in [5, 5.41) is 1.19. The van der Waals surface area contributed by atoms with Gasteiger partial charge in [-0.3, -0.25) is 0 Å². The van der Waals surface area contributed by atoms with Gasteiger partial charge in [-0.15, -0.1) is 0 Å². The molecule has 86 valence electrons. The van der Waals surface area contributed by atoms with Gasteiger partial charge in [0.25, 0.3) is 0 Å². The fraction of sp³-hybridized carbons (Fsp3) is 0.571. The molecule has 0 amide bonds. The molecule has 0 nitrogen and oxygen atoms in total. The monoisotopic (exact) mass is 234 g/mol. The van der Waals surface area contributed by atoms with Gasteiger partial charge < -0.3 is 0 Å². The molecule has 0 spiro atoms. The average molecular weight is 234 g/mol. The van der Waals surface area contributed by atoms with Crippen LogP contribution >= 0.6 is 0 Å². The zero-order valence-corrected chi connectivity index (χ0v) is 13.8. The molecule has 0 saturated carbocycles. The Morgan fingerprint density at radius 3 is 1.71 bits per heavy atom. The van der Waals surface area contributed by atoms with Gasteiger partial charge in [-0.05, 0) is 0 Å². The Balaban J connectivity index is 0.000000366. The van der Waals surface area contributed by atoms with Gasteiger partial charge in [0.15, 0.2) is 0 Å². The number of rotatable bonds is 3. The molecule has 17 heavy (non-hydrogen) atoms. The van der Waals surface area contributed by atoms with E-state index in [9.17, 15) is 0 Å². The number of hydrogen-bond donors (Lipinski definition) is 0. The Kier molecular flexibility index (Phi) is 8.23. The summed E-state index contributed by atoms with van der Waals surface area (Å²) < 4.78 is 1.41. The van der Waals surface area contributed by atoms with Crippen LogP contribution in [0.1, 0.15) is 19.4 Å². The van der Waals surface area contributed by atoms with Crippen molar-refractivity contribution in [3.05, 3.63) is 35.9 Å². The summed E-state index contributed by atoms with van der Waals surface area (Å²) in [6, 6.07) is 10.7. The molecule has 0 heterocycles. The maximum absolute atomic E-state index is 2.38. The molecule has 0 atom stereocenters. The molecule has 0 N–H and O–H groups in total. The summed E-state index contributed by atoms with van der Waals surface area (Å²) >= 11 is 4.50. The third-order valence-corrected chi connectivity index (χ3v) is 5.62. The molecule has 0 saturated heterocycles. The predicted molar refractivity (Wildman–Crippen MR) is 83.9 cm³/mol. The molecule has 0 aliphatic heterocycles. The van der Waals surface area contributed by atoms with E-state index in [0.717, 1.165) is 0 Å². The summed E-state index contributed by atoms with van der Waals surface area (Å²) in [6.07, 6.45) is 0. The third kappa shape index (κ3) is 8.36. The van der Waals surface area contributed by atoms with E-state index in [2.05, 4.69) is 99.3 Å². The van der Waals surface area contributed by atoms with E-state index in [0.29, 0.717) is 5.41 Å². The summed E-state index contributed by atoms with van der Waals surface area (Å²) in [5.74, 6) is 0. The molecular formula is C14H24Li2Si. The Morgan fingerprint density at radius 2 is 1.41 bits per heavy atom. The SMILES string of the molecule is [Li][CH2]C(C)(C)c1ccccc1.[Li][CH2][Si](C)(C)C. The van der Waals surface area contributed by atoms with E-state index in [1.165, 1.54) is 15.4 Å². The van der Waals surface area contributed by atoms with Crippen molar-refractivity contribution in [2.45, 2.75) is 48.7 Å². The first-order valence-electron chi connectivity index (χ1n) is 6.78. The van der Waals surface area contributed by atoms with Crippen molar-refractivity contribution < 1.29 is 0 Å². The first kappa shape index (κ1) is 17.6. The van der Waals surface area contributed by atoms with Crippen LogP contribution in [0.4, 0.5) is 0 Å². The zero-order valence-electron chi connectivity index (χ0n) is 12.8. The summed E-state index contributed by atoms with van der Waals surface area (Å²) in [7, 11) is -0.631. The predicted octanol–water partition coefficient (Wildman–Crippen LogP) is 4.00. The second-order valence-corrected chi connectivity index (χ2v) is 12.3. The molecule has 0 aliphatic rings. The Bertz CT molecular complexity index is 302. The minimum absolute atomic E-state index is 0.335. The molecule has 1 rings (SSSR count). The van der Waals surface area contributed by atoms with E-state index in [1.54, 1.807) is 0 Å². The fourth-order valence-corrected chi connectivity index (χ4v) is 1.09. The van der Waals surface area contributed by atoms with Crippen molar-refractivity contribution in [1.29, 1.82) is 0 Å². The maximum atomic E-state index is 2.38. The second-order valence-electron chi connectivity index (χ2n) is 6.52. The van der Waals surface area contributed by atoms with Crippen molar-refractivity contribution in [3.8, 4) is 0 Å². The van der Waals surface area contributed by atoms with Gasteiger partial charge >= 0.3 is 128 Å². The molecule has 1 aromatic carbocycles. The molecule has 0 radical (unpaired) electrons. The van der Waals surface area contributed by atoms with Gasteiger partial charge in [0.2, 0.25) is 0 Å². The summed E-state index contributed by atoms with van der Waals surface area (Å²) in [6.45, 7) is 11.7. The molecule has 0 fully saturated rings. The van der Waals surface area contributed by atoms with Crippen molar-refractivity contribution in [2.24, 2.45) is 0 Å². The number of hydrogen-bond acceptors (Lipinski definition) is 0. The van der Waals surface area contributed by atoms with E-state index in [-0.39, 0.29) is 0 Å². The van der Waals surface area contributed by atoms with E-state index < -0.39 is 8.07 Å².